The van der Waals surface area contributed by atoms with Crippen LogP contribution in [0.15, 0.2) is 24.3 Å². The van der Waals surface area contributed by atoms with Crippen LogP contribution in [0.3, 0.4) is 0 Å². The lowest BCUT2D eigenvalue weighted by Gasteiger charge is -2.26. The van der Waals surface area contributed by atoms with Crippen molar-refractivity contribution in [3.63, 3.8) is 0 Å². The molecular weight excluding hydrogens is 340 g/mol. The predicted molar refractivity (Wildman–Crippen MR) is 96.0 cm³/mol. The van der Waals surface area contributed by atoms with Crippen LogP contribution in [0.25, 0.3) is 0 Å². The third kappa shape index (κ3) is 4.03. The summed E-state index contributed by atoms with van der Waals surface area (Å²) in [5.74, 6) is 0.785. The SMILES string of the molecule is CC(=O)c1cccc(N(CC(=O)N[C@@H]2C[C@H]3CC[C@H]2C3)S(C)(=O)=O)c1. The fourth-order valence-corrected chi connectivity index (χ4v) is 4.93. The number of amides is 1. The number of hydrogen-bond acceptors (Lipinski definition) is 4. The van der Waals surface area contributed by atoms with Crippen molar-refractivity contribution in [1.82, 2.24) is 5.32 Å². The smallest absolute Gasteiger partial charge is 0.241 e. The highest BCUT2D eigenvalue weighted by molar-refractivity contribution is 7.92. The number of anilines is 1. The highest BCUT2D eigenvalue weighted by Crippen LogP contribution is 2.44. The summed E-state index contributed by atoms with van der Waals surface area (Å²) in [5.41, 5.74) is 0.748. The van der Waals surface area contributed by atoms with Crippen LogP contribution in [0.2, 0.25) is 0 Å². The molecule has 3 rings (SSSR count). The molecule has 0 heterocycles. The van der Waals surface area contributed by atoms with Gasteiger partial charge in [0, 0.05) is 11.6 Å². The Labute approximate surface area is 148 Å². The largest absolute Gasteiger partial charge is 0.352 e. The molecule has 0 unspecified atom stereocenters. The minimum atomic E-state index is -3.64. The number of nitrogens with zero attached hydrogens (tertiary/aromatic N) is 1. The number of benzene rings is 1. The number of carbonyl (C=O) groups is 2. The van der Waals surface area contributed by atoms with E-state index in [1.54, 1.807) is 18.2 Å². The van der Waals surface area contributed by atoms with Crippen molar-refractivity contribution in [2.24, 2.45) is 11.8 Å². The van der Waals surface area contributed by atoms with Gasteiger partial charge >= 0.3 is 0 Å². The van der Waals surface area contributed by atoms with Gasteiger partial charge in [0.1, 0.15) is 6.54 Å². The molecule has 6 nitrogen and oxygen atoms in total. The molecule has 1 amide bonds. The summed E-state index contributed by atoms with van der Waals surface area (Å²) >= 11 is 0. The summed E-state index contributed by atoms with van der Waals surface area (Å²) in [5, 5.41) is 3.01. The number of rotatable bonds is 6. The number of fused-ring (bicyclic) bond motifs is 2. The quantitative estimate of drug-likeness (QED) is 0.782. The summed E-state index contributed by atoms with van der Waals surface area (Å²) < 4.78 is 25.4. The molecule has 1 aromatic carbocycles. The Morgan fingerprint density at radius 3 is 2.56 bits per heavy atom. The maximum absolute atomic E-state index is 12.4. The van der Waals surface area contributed by atoms with Crippen LogP contribution in [-0.2, 0) is 14.8 Å². The zero-order valence-corrected chi connectivity index (χ0v) is 15.4. The maximum atomic E-state index is 12.4. The van der Waals surface area contributed by atoms with E-state index in [4.69, 9.17) is 0 Å². The van der Waals surface area contributed by atoms with Gasteiger partial charge in [0.2, 0.25) is 15.9 Å². The van der Waals surface area contributed by atoms with Crippen molar-refractivity contribution in [3.8, 4) is 0 Å². The molecule has 2 saturated carbocycles. The molecule has 1 aromatic rings. The molecular formula is C18H24N2O4S. The van der Waals surface area contributed by atoms with Gasteiger partial charge in [-0.25, -0.2) is 8.42 Å². The molecule has 0 saturated heterocycles. The van der Waals surface area contributed by atoms with Gasteiger partial charge < -0.3 is 5.32 Å². The number of nitrogens with one attached hydrogen (secondary N) is 1. The number of carbonyl (C=O) groups excluding carboxylic acids is 2. The molecule has 2 aliphatic carbocycles. The summed E-state index contributed by atoms with van der Waals surface area (Å²) in [6.07, 6.45) is 5.62. The van der Waals surface area contributed by atoms with E-state index in [0.29, 0.717) is 23.1 Å². The zero-order chi connectivity index (χ0) is 18.2. The van der Waals surface area contributed by atoms with E-state index in [0.717, 1.165) is 23.4 Å². The Kier molecular flexibility index (Phi) is 4.86. The lowest BCUT2D eigenvalue weighted by atomic mass is 9.95. The first-order chi connectivity index (χ1) is 11.7. The molecule has 25 heavy (non-hydrogen) atoms. The monoisotopic (exact) mass is 364 g/mol. The first kappa shape index (κ1) is 17.9. The Morgan fingerprint density at radius 2 is 2.00 bits per heavy atom. The van der Waals surface area contributed by atoms with E-state index in [-0.39, 0.29) is 24.3 Å². The second-order valence-corrected chi connectivity index (χ2v) is 9.13. The van der Waals surface area contributed by atoms with Gasteiger partial charge in [-0.3, -0.25) is 13.9 Å². The number of Topliss-reactive ketones (excluding diaryl/α,β-unsaturated/α-hetero) is 1. The summed E-state index contributed by atoms with van der Waals surface area (Å²) in [4.78, 5) is 24.0. The van der Waals surface area contributed by atoms with Crippen molar-refractivity contribution >= 4 is 27.4 Å². The number of ketones is 1. The fraction of sp³-hybridized carbons (Fsp3) is 0.556. The molecule has 2 bridgehead atoms. The third-order valence-electron chi connectivity index (χ3n) is 5.31. The Bertz CT molecular complexity index is 790. The van der Waals surface area contributed by atoms with E-state index in [2.05, 4.69) is 5.32 Å². The van der Waals surface area contributed by atoms with Crippen LogP contribution < -0.4 is 9.62 Å². The summed E-state index contributed by atoms with van der Waals surface area (Å²) in [7, 11) is -3.64. The molecule has 1 N–H and O–H groups in total. The molecule has 2 aliphatic rings. The van der Waals surface area contributed by atoms with Crippen molar-refractivity contribution in [2.75, 3.05) is 17.1 Å². The second kappa shape index (κ2) is 6.78. The molecule has 0 aromatic heterocycles. The molecule has 0 aliphatic heterocycles. The normalized spacial score (nSPS) is 25.0. The van der Waals surface area contributed by atoms with Crippen LogP contribution >= 0.6 is 0 Å². The van der Waals surface area contributed by atoms with E-state index < -0.39 is 10.0 Å². The first-order valence-electron chi connectivity index (χ1n) is 8.62. The van der Waals surface area contributed by atoms with Gasteiger partial charge in [-0.05, 0) is 50.2 Å². The highest BCUT2D eigenvalue weighted by Gasteiger charge is 2.40. The maximum Gasteiger partial charge on any atom is 0.241 e. The molecule has 7 heteroatoms. The molecule has 136 valence electrons. The average molecular weight is 364 g/mol. The third-order valence-corrected chi connectivity index (χ3v) is 6.45. The predicted octanol–water partition coefficient (Wildman–Crippen LogP) is 1.96. The van der Waals surface area contributed by atoms with Crippen LogP contribution in [0.1, 0.15) is 43.0 Å². The van der Waals surface area contributed by atoms with Crippen molar-refractivity contribution in [1.29, 1.82) is 0 Å². The van der Waals surface area contributed by atoms with Gasteiger partial charge in [0.05, 0.1) is 11.9 Å². The van der Waals surface area contributed by atoms with Gasteiger partial charge in [-0.1, -0.05) is 18.6 Å². The van der Waals surface area contributed by atoms with Gasteiger partial charge in [0.15, 0.2) is 5.78 Å². The highest BCUT2D eigenvalue weighted by atomic mass is 32.2. The standard InChI is InChI=1S/C18H24N2O4S/c1-12(21)14-4-3-5-16(10-14)20(25(2,23)24)11-18(22)19-17-9-13-6-7-15(17)8-13/h3-5,10,13,15,17H,6-9,11H2,1-2H3,(H,19,22)/t13-,15-,17+/m0/s1. The fourth-order valence-electron chi connectivity index (χ4n) is 4.08. The van der Waals surface area contributed by atoms with E-state index >= 15 is 0 Å². The van der Waals surface area contributed by atoms with Crippen LogP contribution in [0.5, 0.6) is 0 Å². The Morgan fingerprint density at radius 1 is 1.24 bits per heavy atom. The lowest BCUT2D eigenvalue weighted by molar-refractivity contribution is -0.120. The van der Waals surface area contributed by atoms with Gasteiger partial charge in [-0.15, -0.1) is 0 Å². The van der Waals surface area contributed by atoms with Crippen LogP contribution in [-0.4, -0.2) is 39.0 Å². The minimum absolute atomic E-state index is 0.151. The Hall–Kier alpha value is -1.89. The molecule has 3 atom stereocenters. The van der Waals surface area contributed by atoms with Crippen molar-refractivity contribution in [2.45, 2.75) is 38.6 Å². The van der Waals surface area contributed by atoms with E-state index in [1.807, 2.05) is 0 Å². The summed E-state index contributed by atoms with van der Waals surface area (Å²) in [6, 6.07) is 6.52. The summed E-state index contributed by atoms with van der Waals surface area (Å²) in [6.45, 7) is 1.15. The van der Waals surface area contributed by atoms with Crippen LogP contribution in [0.4, 0.5) is 5.69 Å². The van der Waals surface area contributed by atoms with Crippen molar-refractivity contribution in [3.05, 3.63) is 29.8 Å². The molecule has 0 radical (unpaired) electrons. The minimum Gasteiger partial charge on any atom is -0.352 e. The van der Waals surface area contributed by atoms with Crippen molar-refractivity contribution < 1.29 is 18.0 Å². The molecule has 0 spiro atoms. The van der Waals surface area contributed by atoms with Crippen LogP contribution in [0, 0.1) is 11.8 Å². The lowest BCUT2D eigenvalue weighted by Crippen LogP contribution is -2.45. The van der Waals surface area contributed by atoms with E-state index in [9.17, 15) is 18.0 Å². The number of sulfonamides is 1. The number of hydrogen-bond donors (Lipinski definition) is 1. The zero-order valence-electron chi connectivity index (χ0n) is 14.6. The topological polar surface area (TPSA) is 83.6 Å². The van der Waals surface area contributed by atoms with Gasteiger partial charge in [0.25, 0.3) is 0 Å². The molecule has 2 fully saturated rings. The first-order valence-corrected chi connectivity index (χ1v) is 10.5. The Balaban J connectivity index is 1.74. The van der Waals surface area contributed by atoms with Gasteiger partial charge in [-0.2, -0.15) is 0 Å². The second-order valence-electron chi connectivity index (χ2n) is 7.23. The average Bonchev–Trinajstić information content (AvgIpc) is 3.14. The van der Waals surface area contributed by atoms with E-state index in [1.165, 1.54) is 25.8 Å².